The van der Waals surface area contributed by atoms with E-state index in [9.17, 15) is 9.90 Å². The molecule has 2 aromatic carbocycles. The molecule has 0 radical (unpaired) electrons. The van der Waals surface area contributed by atoms with Crippen LogP contribution in [0.5, 0.6) is 11.5 Å². The van der Waals surface area contributed by atoms with Crippen molar-refractivity contribution in [3.05, 3.63) is 64.1 Å². The fourth-order valence-corrected chi connectivity index (χ4v) is 2.26. The van der Waals surface area contributed by atoms with Crippen LogP contribution < -0.4 is 4.74 Å². The molecule has 0 spiro atoms. The zero-order valence-electron chi connectivity index (χ0n) is 12.3. The van der Waals surface area contributed by atoms with Gasteiger partial charge >= 0.3 is 0 Å². The summed E-state index contributed by atoms with van der Waals surface area (Å²) in [5, 5.41) is 9.24. The fourth-order valence-electron chi connectivity index (χ4n) is 1.88. The average Bonchev–Trinajstić information content (AvgIpc) is 2.52. The largest absolute Gasteiger partial charge is 0.508 e. The van der Waals surface area contributed by atoms with Gasteiger partial charge in [0.25, 0.3) is 0 Å². The van der Waals surface area contributed by atoms with Gasteiger partial charge in [-0.25, -0.2) is 0 Å². The normalized spacial score (nSPS) is 10.8. The summed E-state index contributed by atoms with van der Waals surface area (Å²) in [6, 6.07) is 11.9. The van der Waals surface area contributed by atoms with Gasteiger partial charge in [-0.15, -0.1) is 0 Å². The van der Waals surface area contributed by atoms with E-state index in [2.05, 4.69) is 15.9 Å². The standard InChI is InChI=1S/C18H17BrO3/c1-2-11-22-18-10-6-15(19)12-14(18)5-9-17(21)13-3-7-16(20)8-4-13/h3-10,12,20H,2,11H2,1H3/b9-5+. The molecule has 0 fully saturated rings. The highest BCUT2D eigenvalue weighted by Crippen LogP contribution is 2.25. The number of carbonyl (C=O) groups is 1. The van der Waals surface area contributed by atoms with Crippen molar-refractivity contribution in [3.63, 3.8) is 0 Å². The summed E-state index contributed by atoms with van der Waals surface area (Å²) in [6.45, 7) is 2.68. The number of phenolic OH excluding ortho intramolecular Hbond substituents is 1. The number of rotatable bonds is 6. The van der Waals surface area contributed by atoms with Gasteiger partial charge in [-0.05, 0) is 61.0 Å². The molecular weight excluding hydrogens is 344 g/mol. The van der Waals surface area contributed by atoms with Gasteiger partial charge in [0.15, 0.2) is 5.78 Å². The zero-order chi connectivity index (χ0) is 15.9. The predicted octanol–water partition coefficient (Wildman–Crippen LogP) is 4.84. The van der Waals surface area contributed by atoms with Crippen LogP contribution in [-0.4, -0.2) is 17.5 Å². The van der Waals surface area contributed by atoms with Crippen molar-refractivity contribution in [2.24, 2.45) is 0 Å². The predicted molar refractivity (Wildman–Crippen MR) is 91.4 cm³/mol. The maximum atomic E-state index is 12.1. The molecule has 0 aromatic heterocycles. The summed E-state index contributed by atoms with van der Waals surface area (Å²) in [7, 11) is 0. The highest BCUT2D eigenvalue weighted by molar-refractivity contribution is 9.10. The first-order valence-electron chi connectivity index (χ1n) is 7.04. The van der Waals surface area contributed by atoms with E-state index >= 15 is 0 Å². The Balaban J connectivity index is 2.19. The van der Waals surface area contributed by atoms with Crippen molar-refractivity contribution in [2.45, 2.75) is 13.3 Å². The quantitative estimate of drug-likeness (QED) is 0.592. The van der Waals surface area contributed by atoms with Crippen molar-refractivity contribution < 1.29 is 14.6 Å². The minimum atomic E-state index is -0.124. The summed E-state index contributed by atoms with van der Waals surface area (Å²) in [5.74, 6) is 0.768. The molecule has 2 aromatic rings. The highest BCUT2D eigenvalue weighted by atomic mass is 79.9. The van der Waals surface area contributed by atoms with Crippen LogP contribution in [0.4, 0.5) is 0 Å². The first kappa shape index (κ1) is 16.3. The molecule has 22 heavy (non-hydrogen) atoms. The molecule has 0 aliphatic heterocycles. The summed E-state index contributed by atoms with van der Waals surface area (Å²) in [4.78, 5) is 12.1. The van der Waals surface area contributed by atoms with Crippen LogP contribution in [0.2, 0.25) is 0 Å². The molecule has 4 heteroatoms. The van der Waals surface area contributed by atoms with E-state index in [-0.39, 0.29) is 11.5 Å². The first-order chi connectivity index (χ1) is 10.6. The third-order valence-electron chi connectivity index (χ3n) is 3.00. The molecule has 2 rings (SSSR count). The van der Waals surface area contributed by atoms with Crippen molar-refractivity contribution in [2.75, 3.05) is 6.61 Å². The summed E-state index contributed by atoms with van der Waals surface area (Å²) < 4.78 is 6.60. The molecule has 0 heterocycles. The molecule has 114 valence electrons. The van der Waals surface area contributed by atoms with Gasteiger partial charge in [0, 0.05) is 15.6 Å². The maximum Gasteiger partial charge on any atom is 0.185 e. The maximum absolute atomic E-state index is 12.1. The summed E-state index contributed by atoms with van der Waals surface area (Å²) in [5.41, 5.74) is 1.37. The van der Waals surface area contributed by atoms with Gasteiger partial charge in [0.1, 0.15) is 11.5 Å². The van der Waals surface area contributed by atoms with Crippen LogP contribution in [0.3, 0.4) is 0 Å². The second-order valence-electron chi connectivity index (χ2n) is 4.78. The number of aromatic hydroxyl groups is 1. The third-order valence-corrected chi connectivity index (χ3v) is 3.49. The van der Waals surface area contributed by atoms with Gasteiger partial charge < -0.3 is 9.84 Å². The molecule has 1 N–H and O–H groups in total. The van der Waals surface area contributed by atoms with E-state index in [4.69, 9.17) is 4.74 Å². The number of halogens is 1. The van der Waals surface area contributed by atoms with Crippen LogP contribution in [-0.2, 0) is 0 Å². The van der Waals surface area contributed by atoms with E-state index < -0.39 is 0 Å². The van der Waals surface area contributed by atoms with Crippen LogP contribution in [0.1, 0.15) is 29.3 Å². The number of hydrogen-bond acceptors (Lipinski definition) is 3. The van der Waals surface area contributed by atoms with E-state index in [0.29, 0.717) is 12.2 Å². The highest BCUT2D eigenvalue weighted by Gasteiger charge is 2.05. The molecule has 0 aliphatic carbocycles. The lowest BCUT2D eigenvalue weighted by molar-refractivity contribution is 0.104. The molecule has 0 saturated carbocycles. The van der Waals surface area contributed by atoms with E-state index in [0.717, 1.165) is 22.2 Å². The van der Waals surface area contributed by atoms with E-state index in [1.54, 1.807) is 18.2 Å². The Morgan fingerprint density at radius 1 is 1.23 bits per heavy atom. The van der Waals surface area contributed by atoms with Crippen LogP contribution in [0.15, 0.2) is 53.0 Å². The number of ether oxygens (including phenoxy) is 1. The number of benzene rings is 2. The molecule has 0 amide bonds. The first-order valence-corrected chi connectivity index (χ1v) is 7.83. The smallest absolute Gasteiger partial charge is 0.185 e. The van der Waals surface area contributed by atoms with E-state index in [1.807, 2.05) is 25.1 Å². The number of carbonyl (C=O) groups excluding carboxylic acids is 1. The second kappa shape index (κ2) is 7.80. The fraction of sp³-hybridized carbons (Fsp3) is 0.167. The van der Waals surface area contributed by atoms with Crippen LogP contribution >= 0.6 is 15.9 Å². The van der Waals surface area contributed by atoms with Crippen molar-refractivity contribution >= 4 is 27.8 Å². The Labute approximate surface area is 138 Å². The van der Waals surface area contributed by atoms with Gasteiger partial charge in [0.2, 0.25) is 0 Å². The average molecular weight is 361 g/mol. The lowest BCUT2D eigenvalue weighted by atomic mass is 10.1. The zero-order valence-corrected chi connectivity index (χ0v) is 13.8. The Kier molecular flexibility index (Phi) is 5.78. The minimum absolute atomic E-state index is 0.124. The number of ketones is 1. The van der Waals surface area contributed by atoms with Crippen molar-refractivity contribution in [1.82, 2.24) is 0 Å². The molecular formula is C18H17BrO3. The lowest BCUT2D eigenvalue weighted by Gasteiger charge is -2.08. The van der Waals surface area contributed by atoms with Gasteiger partial charge in [0.05, 0.1) is 6.61 Å². The molecule has 0 bridgehead atoms. The lowest BCUT2D eigenvalue weighted by Crippen LogP contribution is -1.97. The van der Waals surface area contributed by atoms with E-state index in [1.165, 1.54) is 18.2 Å². The Morgan fingerprint density at radius 3 is 2.64 bits per heavy atom. The number of hydrogen-bond donors (Lipinski definition) is 1. The Morgan fingerprint density at radius 2 is 1.95 bits per heavy atom. The van der Waals surface area contributed by atoms with Crippen LogP contribution in [0.25, 0.3) is 6.08 Å². The number of phenols is 1. The molecule has 0 aliphatic rings. The van der Waals surface area contributed by atoms with Gasteiger partial charge in [-0.1, -0.05) is 22.9 Å². The number of allylic oxidation sites excluding steroid dienone is 1. The molecule has 0 atom stereocenters. The monoisotopic (exact) mass is 360 g/mol. The van der Waals surface area contributed by atoms with Gasteiger partial charge in [-0.2, -0.15) is 0 Å². The minimum Gasteiger partial charge on any atom is -0.508 e. The van der Waals surface area contributed by atoms with Crippen molar-refractivity contribution in [3.8, 4) is 11.5 Å². The van der Waals surface area contributed by atoms with Gasteiger partial charge in [-0.3, -0.25) is 4.79 Å². The summed E-state index contributed by atoms with van der Waals surface area (Å²) in [6.07, 6.45) is 4.17. The topological polar surface area (TPSA) is 46.5 Å². The second-order valence-corrected chi connectivity index (χ2v) is 5.69. The third kappa shape index (κ3) is 4.46. The van der Waals surface area contributed by atoms with Crippen LogP contribution in [0, 0.1) is 0 Å². The molecule has 0 unspecified atom stereocenters. The summed E-state index contributed by atoms with van der Waals surface area (Å²) >= 11 is 3.42. The Hall–Kier alpha value is -2.07. The molecule has 3 nitrogen and oxygen atoms in total. The van der Waals surface area contributed by atoms with Crippen molar-refractivity contribution in [1.29, 1.82) is 0 Å². The Bertz CT molecular complexity index is 675. The SMILES string of the molecule is CCCOc1ccc(Br)cc1/C=C/C(=O)c1ccc(O)cc1. The molecule has 0 saturated heterocycles.